The fraction of sp³-hybridized carbons (Fsp3) is 0.143. The molecule has 150 valence electrons. The van der Waals surface area contributed by atoms with Gasteiger partial charge in [-0.25, -0.2) is 13.4 Å². The SMILES string of the molecule is Cc1nc2ccc(S(=O)(=O)N3CCSc4ccc(-c5ccc(C#N)s5)cc43)cc2o1. The van der Waals surface area contributed by atoms with Gasteiger partial charge in [0.05, 0.1) is 10.6 Å². The highest BCUT2D eigenvalue weighted by Gasteiger charge is 2.30. The zero-order valence-corrected chi connectivity index (χ0v) is 18.3. The second-order valence-corrected chi connectivity index (χ2v) is 10.8. The summed E-state index contributed by atoms with van der Waals surface area (Å²) in [5.41, 5.74) is 2.64. The highest BCUT2D eigenvalue weighted by atomic mass is 32.2. The van der Waals surface area contributed by atoms with Gasteiger partial charge in [0.25, 0.3) is 10.0 Å². The van der Waals surface area contributed by atoms with Crippen LogP contribution in [0.25, 0.3) is 21.5 Å². The van der Waals surface area contributed by atoms with E-state index in [1.807, 2.05) is 24.3 Å². The van der Waals surface area contributed by atoms with Crippen LogP contribution in [0.15, 0.2) is 62.7 Å². The lowest BCUT2D eigenvalue weighted by Crippen LogP contribution is -2.35. The molecule has 1 aliphatic rings. The van der Waals surface area contributed by atoms with Gasteiger partial charge >= 0.3 is 0 Å². The van der Waals surface area contributed by atoms with Crippen LogP contribution >= 0.6 is 23.1 Å². The molecule has 0 radical (unpaired) electrons. The van der Waals surface area contributed by atoms with Crippen molar-refractivity contribution in [2.45, 2.75) is 16.7 Å². The molecule has 0 saturated heterocycles. The highest BCUT2D eigenvalue weighted by Crippen LogP contribution is 2.41. The number of benzene rings is 2. The summed E-state index contributed by atoms with van der Waals surface area (Å²) in [5, 5.41) is 9.10. The van der Waals surface area contributed by atoms with Gasteiger partial charge in [-0.3, -0.25) is 4.31 Å². The van der Waals surface area contributed by atoms with E-state index in [-0.39, 0.29) is 4.90 Å². The Labute approximate surface area is 181 Å². The quantitative estimate of drug-likeness (QED) is 0.432. The van der Waals surface area contributed by atoms with Crippen LogP contribution in [0.5, 0.6) is 0 Å². The first-order valence-corrected chi connectivity index (χ1v) is 12.4. The van der Waals surface area contributed by atoms with E-state index in [1.54, 1.807) is 36.9 Å². The number of hydrogen-bond donors (Lipinski definition) is 0. The van der Waals surface area contributed by atoms with Gasteiger partial charge in [-0.1, -0.05) is 6.07 Å². The van der Waals surface area contributed by atoms with E-state index < -0.39 is 10.0 Å². The van der Waals surface area contributed by atoms with Crippen LogP contribution in [0.1, 0.15) is 10.8 Å². The third kappa shape index (κ3) is 3.17. The molecule has 3 heterocycles. The summed E-state index contributed by atoms with van der Waals surface area (Å²) in [6, 6.07) is 16.4. The van der Waals surface area contributed by atoms with Crippen LogP contribution < -0.4 is 4.31 Å². The maximum Gasteiger partial charge on any atom is 0.264 e. The van der Waals surface area contributed by atoms with E-state index in [9.17, 15) is 8.42 Å². The van der Waals surface area contributed by atoms with Crippen molar-refractivity contribution in [2.75, 3.05) is 16.6 Å². The number of rotatable bonds is 3. The lowest BCUT2D eigenvalue weighted by Gasteiger charge is -2.30. The van der Waals surface area contributed by atoms with Gasteiger partial charge in [0, 0.05) is 35.1 Å². The lowest BCUT2D eigenvalue weighted by molar-refractivity contribution is 0.559. The average Bonchev–Trinajstić information content (AvgIpc) is 3.37. The Hall–Kier alpha value is -2.80. The van der Waals surface area contributed by atoms with Crippen LogP contribution in [0.4, 0.5) is 5.69 Å². The third-order valence-corrected chi connectivity index (χ3v) is 8.73. The number of oxazole rings is 1. The number of nitriles is 1. The van der Waals surface area contributed by atoms with Crippen molar-refractivity contribution in [3.05, 3.63) is 59.3 Å². The zero-order chi connectivity index (χ0) is 20.9. The second-order valence-electron chi connectivity index (χ2n) is 6.75. The van der Waals surface area contributed by atoms with Gasteiger partial charge in [-0.2, -0.15) is 5.26 Å². The van der Waals surface area contributed by atoms with E-state index in [0.717, 1.165) is 15.3 Å². The van der Waals surface area contributed by atoms with E-state index >= 15 is 0 Å². The maximum absolute atomic E-state index is 13.5. The molecule has 6 nitrogen and oxygen atoms in total. The Bertz CT molecular complexity index is 1430. The van der Waals surface area contributed by atoms with Gasteiger partial charge in [0.2, 0.25) is 0 Å². The molecule has 9 heteroatoms. The third-order valence-electron chi connectivity index (χ3n) is 4.84. The van der Waals surface area contributed by atoms with E-state index in [2.05, 4.69) is 11.1 Å². The van der Waals surface area contributed by atoms with E-state index in [1.165, 1.54) is 21.7 Å². The Morgan fingerprint density at radius 3 is 2.83 bits per heavy atom. The molecule has 0 bridgehead atoms. The molecular formula is C21H15N3O3S3. The first-order chi connectivity index (χ1) is 14.5. The van der Waals surface area contributed by atoms with Crippen molar-refractivity contribution in [3.63, 3.8) is 0 Å². The molecule has 0 N–H and O–H groups in total. The predicted molar refractivity (Wildman–Crippen MR) is 118 cm³/mol. The van der Waals surface area contributed by atoms with Crippen molar-refractivity contribution in [1.82, 2.24) is 4.98 Å². The highest BCUT2D eigenvalue weighted by molar-refractivity contribution is 8.00. The number of thiophene rings is 1. The normalized spacial score (nSPS) is 13.9. The topological polar surface area (TPSA) is 87.2 Å². The molecule has 4 aromatic rings. The largest absolute Gasteiger partial charge is 0.441 e. The van der Waals surface area contributed by atoms with Crippen LogP contribution in [0.2, 0.25) is 0 Å². The summed E-state index contributed by atoms with van der Waals surface area (Å²) in [6.07, 6.45) is 0. The monoisotopic (exact) mass is 453 g/mol. The fourth-order valence-electron chi connectivity index (χ4n) is 3.46. The Balaban J connectivity index is 1.60. The lowest BCUT2D eigenvalue weighted by atomic mass is 10.1. The van der Waals surface area contributed by atoms with Gasteiger partial charge in [-0.15, -0.1) is 23.1 Å². The summed E-state index contributed by atoms with van der Waals surface area (Å²) >= 11 is 3.03. The van der Waals surface area contributed by atoms with Gasteiger partial charge in [0.1, 0.15) is 16.5 Å². The first kappa shape index (κ1) is 19.2. The minimum atomic E-state index is -3.77. The summed E-state index contributed by atoms with van der Waals surface area (Å²) in [4.78, 5) is 6.89. The van der Waals surface area contributed by atoms with Crippen LogP contribution in [-0.4, -0.2) is 25.7 Å². The minimum Gasteiger partial charge on any atom is -0.441 e. The Morgan fingerprint density at radius 2 is 2.03 bits per heavy atom. The molecule has 0 spiro atoms. The van der Waals surface area contributed by atoms with Crippen LogP contribution in [-0.2, 0) is 10.0 Å². The van der Waals surface area contributed by atoms with Gasteiger partial charge in [-0.05, 0) is 42.0 Å². The van der Waals surface area contributed by atoms with Crippen molar-refractivity contribution in [3.8, 4) is 16.5 Å². The van der Waals surface area contributed by atoms with Crippen molar-refractivity contribution >= 4 is 49.9 Å². The predicted octanol–water partition coefficient (Wildman–Crippen LogP) is 5.04. The van der Waals surface area contributed by atoms with Crippen LogP contribution in [0.3, 0.4) is 0 Å². The molecule has 0 fully saturated rings. The molecule has 0 saturated carbocycles. The van der Waals surface area contributed by atoms with Crippen molar-refractivity contribution in [1.29, 1.82) is 5.26 Å². The number of fused-ring (bicyclic) bond motifs is 2. The Kier molecular flexibility index (Phi) is 4.58. The summed E-state index contributed by atoms with van der Waals surface area (Å²) in [6.45, 7) is 2.11. The number of thioether (sulfide) groups is 1. The van der Waals surface area contributed by atoms with Crippen LogP contribution in [0, 0.1) is 18.3 Å². The molecule has 1 aliphatic heterocycles. The van der Waals surface area contributed by atoms with E-state index in [4.69, 9.17) is 9.68 Å². The number of sulfonamides is 1. The molecule has 2 aromatic carbocycles. The van der Waals surface area contributed by atoms with Gasteiger partial charge < -0.3 is 4.42 Å². The molecule has 0 atom stereocenters. The summed E-state index contributed by atoms with van der Waals surface area (Å²) in [7, 11) is -3.77. The fourth-order valence-corrected chi connectivity index (χ4v) is 6.90. The number of hydrogen-bond acceptors (Lipinski definition) is 7. The summed E-state index contributed by atoms with van der Waals surface area (Å²) < 4.78 is 34.0. The smallest absolute Gasteiger partial charge is 0.264 e. The molecular weight excluding hydrogens is 438 g/mol. The molecule has 30 heavy (non-hydrogen) atoms. The standard InChI is InChI=1S/C21H15N3O3S3/c1-13-23-17-5-4-16(11-19(17)27-13)30(25,26)24-8-9-28-21-6-2-14(10-18(21)24)20-7-3-15(12-22)29-20/h2-7,10-11H,8-9H2,1H3. The average molecular weight is 454 g/mol. The minimum absolute atomic E-state index is 0.178. The molecule has 0 amide bonds. The van der Waals surface area contributed by atoms with Crippen molar-refractivity contribution in [2.24, 2.45) is 0 Å². The van der Waals surface area contributed by atoms with E-state index in [0.29, 0.717) is 39.9 Å². The number of anilines is 1. The second kappa shape index (κ2) is 7.16. The molecule has 0 aliphatic carbocycles. The number of aryl methyl sites for hydroxylation is 1. The molecule has 2 aromatic heterocycles. The Morgan fingerprint density at radius 1 is 1.17 bits per heavy atom. The van der Waals surface area contributed by atoms with Gasteiger partial charge in [0.15, 0.2) is 11.5 Å². The maximum atomic E-state index is 13.5. The first-order valence-electron chi connectivity index (χ1n) is 9.13. The number of nitrogens with zero attached hydrogens (tertiary/aromatic N) is 3. The summed E-state index contributed by atoms with van der Waals surface area (Å²) in [5.74, 6) is 1.17. The zero-order valence-electron chi connectivity index (χ0n) is 15.8. The molecule has 5 rings (SSSR count). The number of aromatic nitrogens is 1. The molecule has 0 unspecified atom stereocenters. The van der Waals surface area contributed by atoms with Crippen molar-refractivity contribution < 1.29 is 12.8 Å².